The molecular weight excluding hydrogens is 221 g/mol. The van der Waals surface area contributed by atoms with Crippen molar-refractivity contribution in [3.8, 4) is 0 Å². The average Bonchev–Trinajstić information content (AvgIpc) is 1.98. The van der Waals surface area contributed by atoms with Crippen molar-refractivity contribution in [2.24, 2.45) is 0 Å². The van der Waals surface area contributed by atoms with Crippen LogP contribution in [-0.2, 0) is 10.1 Å². The summed E-state index contributed by atoms with van der Waals surface area (Å²) in [5.41, 5.74) is 6.21. The Balaban J connectivity index is 0.00000169. The van der Waals surface area contributed by atoms with Crippen molar-refractivity contribution < 1.29 is 31.8 Å². The SMILES string of the molecule is Cc1c(N)ccc(S(=O)(=O)[O-])c1Cl.[Li+]. The Bertz CT molecular complexity index is 446. The van der Waals surface area contributed by atoms with Gasteiger partial charge >= 0.3 is 18.9 Å². The molecule has 0 bridgehead atoms. The van der Waals surface area contributed by atoms with E-state index in [1.807, 2.05) is 0 Å². The minimum atomic E-state index is -4.51. The van der Waals surface area contributed by atoms with Crippen molar-refractivity contribution in [2.75, 3.05) is 5.73 Å². The quantitative estimate of drug-likeness (QED) is 0.346. The molecule has 0 radical (unpaired) electrons. The summed E-state index contributed by atoms with van der Waals surface area (Å²) in [7, 11) is -4.51. The van der Waals surface area contributed by atoms with Crippen LogP contribution in [0.5, 0.6) is 0 Å². The number of benzene rings is 1. The van der Waals surface area contributed by atoms with E-state index < -0.39 is 15.0 Å². The van der Waals surface area contributed by atoms with Crippen molar-refractivity contribution in [1.29, 1.82) is 0 Å². The molecule has 0 aromatic heterocycles. The van der Waals surface area contributed by atoms with Crippen molar-refractivity contribution in [3.63, 3.8) is 0 Å². The first kappa shape index (κ1) is 13.8. The fourth-order valence-corrected chi connectivity index (χ4v) is 1.93. The number of nitrogen functional groups attached to an aromatic ring is 1. The predicted octanol–water partition coefficient (Wildman–Crippen LogP) is -1.86. The first-order valence-corrected chi connectivity index (χ1v) is 5.13. The Morgan fingerprint density at radius 2 is 1.93 bits per heavy atom. The van der Waals surface area contributed by atoms with E-state index in [4.69, 9.17) is 17.3 Å². The molecule has 0 saturated heterocycles. The van der Waals surface area contributed by atoms with E-state index in [2.05, 4.69) is 0 Å². The molecule has 0 aliphatic rings. The Morgan fingerprint density at radius 1 is 1.43 bits per heavy atom. The molecule has 2 N–H and O–H groups in total. The molecule has 0 amide bonds. The van der Waals surface area contributed by atoms with Crippen LogP contribution in [0.25, 0.3) is 0 Å². The molecule has 1 rings (SSSR count). The number of halogens is 1. The van der Waals surface area contributed by atoms with Gasteiger partial charge in [0.2, 0.25) is 0 Å². The van der Waals surface area contributed by atoms with Gasteiger partial charge in [0.1, 0.15) is 10.1 Å². The topological polar surface area (TPSA) is 83.2 Å². The Labute approximate surface area is 99.4 Å². The van der Waals surface area contributed by atoms with E-state index in [0.717, 1.165) is 6.07 Å². The second-order valence-electron chi connectivity index (χ2n) is 2.55. The minimum Gasteiger partial charge on any atom is -0.744 e. The van der Waals surface area contributed by atoms with Gasteiger partial charge in [-0.05, 0) is 24.6 Å². The summed E-state index contributed by atoms with van der Waals surface area (Å²) in [4.78, 5) is -0.430. The molecule has 0 spiro atoms. The fourth-order valence-electron chi connectivity index (χ4n) is 0.868. The van der Waals surface area contributed by atoms with Gasteiger partial charge in [-0.25, -0.2) is 8.42 Å². The summed E-state index contributed by atoms with van der Waals surface area (Å²) in [6, 6.07) is 2.44. The van der Waals surface area contributed by atoms with E-state index in [1.165, 1.54) is 6.07 Å². The fraction of sp³-hybridized carbons (Fsp3) is 0.143. The zero-order valence-corrected chi connectivity index (χ0v) is 9.32. The Kier molecular flexibility index (Phi) is 4.50. The summed E-state index contributed by atoms with van der Waals surface area (Å²) in [6.07, 6.45) is 0. The van der Waals surface area contributed by atoms with Gasteiger partial charge in [-0.15, -0.1) is 0 Å². The molecule has 0 aliphatic carbocycles. The number of hydrogen-bond donors (Lipinski definition) is 1. The zero-order chi connectivity index (χ0) is 10.2. The van der Waals surface area contributed by atoms with Crippen LogP contribution >= 0.6 is 11.6 Å². The first-order valence-electron chi connectivity index (χ1n) is 3.34. The monoisotopic (exact) mass is 227 g/mol. The standard InChI is InChI=1S/C7H8ClNO3S.Li/c1-4-5(9)2-3-6(7(4)8)13(10,11)12;/h2-3H,9H2,1H3,(H,10,11,12);/q;+1/p-1. The van der Waals surface area contributed by atoms with Gasteiger partial charge in [-0.2, -0.15) is 0 Å². The van der Waals surface area contributed by atoms with Crippen LogP contribution in [0.4, 0.5) is 5.69 Å². The molecule has 0 heterocycles. The molecule has 1 aromatic carbocycles. The summed E-state index contributed by atoms with van der Waals surface area (Å²) in [6.45, 7) is 1.55. The minimum absolute atomic E-state index is 0. The maximum absolute atomic E-state index is 10.6. The number of nitrogens with two attached hydrogens (primary N) is 1. The smallest absolute Gasteiger partial charge is 0.744 e. The van der Waals surface area contributed by atoms with Gasteiger partial charge in [0.25, 0.3) is 0 Å². The van der Waals surface area contributed by atoms with Crippen molar-refractivity contribution in [2.45, 2.75) is 11.8 Å². The third-order valence-corrected chi connectivity index (χ3v) is 3.14. The maximum atomic E-state index is 10.6. The van der Waals surface area contributed by atoms with E-state index in [-0.39, 0.29) is 23.9 Å². The number of rotatable bonds is 1. The number of anilines is 1. The predicted molar refractivity (Wildman–Crippen MR) is 48.6 cm³/mol. The van der Waals surface area contributed by atoms with Gasteiger partial charge in [0.05, 0.1) is 9.92 Å². The Hall–Kier alpha value is -0.183. The van der Waals surface area contributed by atoms with Crippen LogP contribution in [0.1, 0.15) is 5.56 Å². The van der Waals surface area contributed by atoms with Gasteiger partial charge in [0, 0.05) is 5.69 Å². The van der Waals surface area contributed by atoms with Gasteiger partial charge in [0.15, 0.2) is 0 Å². The van der Waals surface area contributed by atoms with Gasteiger partial charge < -0.3 is 10.3 Å². The Morgan fingerprint density at radius 3 is 2.36 bits per heavy atom. The van der Waals surface area contributed by atoms with Crippen molar-refractivity contribution >= 4 is 27.4 Å². The van der Waals surface area contributed by atoms with Crippen LogP contribution < -0.4 is 24.6 Å². The zero-order valence-electron chi connectivity index (χ0n) is 7.74. The van der Waals surface area contributed by atoms with Crippen LogP contribution in [0.15, 0.2) is 17.0 Å². The van der Waals surface area contributed by atoms with E-state index >= 15 is 0 Å². The molecule has 7 heteroatoms. The van der Waals surface area contributed by atoms with Crippen LogP contribution in [0, 0.1) is 6.92 Å². The first-order chi connectivity index (χ1) is 5.84. The normalized spacial score (nSPS) is 10.8. The average molecular weight is 228 g/mol. The van der Waals surface area contributed by atoms with Gasteiger partial charge in [-0.1, -0.05) is 11.6 Å². The molecule has 0 unspecified atom stereocenters. The van der Waals surface area contributed by atoms with Crippen LogP contribution in [0.2, 0.25) is 5.02 Å². The van der Waals surface area contributed by atoms with E-state index in [9.17, 15) is 13.0 Å². The summed E-state index contributed by atoms with van der Waals surface area (Å²) in [5.74, 6) is 0. The van der Waals surface area contributed by atoms with E-state index in [0.29, 0.717) is 11.3 Å². The molecule has 0 fully saturated rings. The number of hydrogen-bond acceptors (Lipinski definition) is 4. The summed E-state index contributed by atoms with van der Waals surface area (Å²) >= 11 is 5.62. The van der Waals surface area contributed by atoms with Crippen LogP contribution in [0.3, 0.4) is 0 Å². The maximum Gasteiger partial charge on any atom is 1.00 e. The van der Waals surface area contributed by atoms with Crippen LogP contribution in [-0.4, -0.2) is 13.0 Å². The molecule has 1 aromatic rings. The van der Waals surface area contributed by atoms with E-state index in [1.54, 1.807) is 6.92 Å². The second kappa shape index (κ2) is 4.56. The van der Waals surface area contributed by atoms with Crippen molar-refractivity contribution in [3.05, 3.63) is 22.7 Å². The second-order valence-corrected chi connectivity index (χ2v) is 4.27. The molecule has 4 nitrogen and oxygen atoms in total. The molecule has 14 heavy (non-hydrogen) atoms. The third-order valence-electron chi connectivity index (χ3n) is 1.66. The molecule has 0 atom stereocenters. The molecule has 72 valence electrons. The molecular formula is C7H7ClLiNO3S. The largest absolute Gasteiger partial charge is 1.00 e. The third kappa shape index (κ3) is 2.66. The molecule has 0 saturated carbocycles. The van der Waals surface area contributed by atoms with Gasteiger partial charge in [-0.3, -0.25) is 0 Å². The van der Waals surface area contributed by atoms with Crippen molar-refractivity contribution in [1.82, 2.24) is 0 Å². The summed E-state index contributed by atoms with van der Waals surface area (Å²) in [5, 5.41) is -0.102. The molecule has 0 aliphatic heterocycles. The summed E-state index contributed by atoms with van der Waals surface area (Å²) < 4.78 is 31.9.